The first-order valence-corrected chi connectivity index (χ1v) is 8.80. The van der Waals surface area contributed by atoms with Crippen molar-refractivity contribution in [2.75, 3.05) is 56.6 Å². The second-order valence-electron chi connectivity index (χ2n) is 6.74. The van der Waals surface area contributed by atoms with Crippen LogP contribution in [0.25, 0.3) is 0 Å². The van der Waals surface area contributed by atoms with Crippen LogP contribution in [0.15, 0.2) is 48.5 Å². The zero-order valence-corrected chi connectivity index (χ0v) is 15.0. The lowest BCUT2D eigenvalue weighted by Crippen LogP contribution is -2.49. The van der Waals surface area contributed by atoms with Gasteiger partial charge in [0.05, 0.1) is 0 Å². The maximum atomic E-state index is 13.1. The second kappa shape index (κ2) is 7.85. The van der Waals surface area contributed by atoms with E-state index in [0.29, 0.717) is 6.54 Å². The minimum absolute atomic E-state index is 0.188. The van der Waals surface area contributed by atoms with Crippen LogP contribution in [0.3, 0.4) is 0 Å². The summed E-state index contributed by atoms with van der Waals surface area (Å²) in [6, 6.07) is 15.6. The van der Waals surface area contributed by atoms with Gasteiger partial charge in [0.25, 0.3) is 0 Å². The number of anilines is 2. The Morgan fingerprint density at radius 1 is 0.960 bits per heavy atom. The van der Waals surface area contributed by atoms with Gasteiger partial charge in [-0.25, -0.2) is 4.39 Å². The van der Waals surface area contributed by atoms with E-state index in [1.165, 1.54) is 23.4 Å². The van der Waals surface area contributed by atoms with Crippen molar-refractivity contribution in [3.8, 4) is 0 Å². The Morgan fingerprint density at radius 3 is 2.08 bits per heavy atom. The van der Waals surface area contributed by atoms with Crippen LogP contribution >= 0.6 is 0 Å². The van der Waals surface area contributed by atoms with Gasteiger partial charge in [0.2, 0.25) is 0 Å². The van der Waals surface area contributed by atoms with E-state index < -0.39 is 0 Å². The molecule has 1 aliphatic heterocycles. The molecule has 0 aliphatic carbocycles. The molecule has 1 fully saturated rings. The molecule has 5 heteroatoms. The Bertz CT molecular complexity index is 661. The number of nitrogens with zero attached hydrogens (tertiary/aromatic N) is 3. The van der Waals surface area contributed by atoms with Crippen LogP contribution in [0.4, 0.5) is 15.8 Å². The molecule has 1 saturated heterocycles. The summed E-state index contributed by atoms with van der Waals surface area (Å²) < 4.78 is 13.1. The summed E-state index contributed by atoms with van der Waals surface area (Å²) in [6.07, 6.45) is 0. The Kier molecular flexibility index (Phi) is 5.56. The van der Waals surface area contributed by atoms with E-state index >= 15 is 0 Å². The van der Waals surface area contributed by atoms with Gasteiger partial charge in [0.1, 0.15) is 5.82 Å². The molecule has 0 amide bonds. The van der Waals surface area contributed by atoms with Crippen LogP contribution in [0.1, 0.15) is 11.6 Å². The number of piperazine rings is 1. The predicted octanol–water partition coefficient (Wildman–Crippen LogP) is 2.71. The van der Waals surface area contributed by atoms with Gasteiger partial charge in [0, 0.05) is 64.2 Å². The first-order chi connectivity index (χ1) is 12.1. The summed E-state index contributed by atoms with van der Waals surface area (Å²) in [7, 11) is 4.09. The standard InChI is InChI=1S/C20H27FN4/c1-23(2)18-7-3-16(4-8-18)20(15-22)25-13-11-24(12-14-25)19-9-5-17(21)6-10-19/h3-10,20H,11-15,22H2,1-2H3/t20-/m1/s1. The minimum Gasteiger partial charge on any atom is -0.378 e. The van der Waals surface area contributed by atoms with E-state index in [1.807, 2.05) is 26.2 Å². The third-order valence-corrected chi connectivity index (χ3v) is 4.96. The van der Waals surface area contributed by atoms with Crippen LogP contribution in [0, 0.1) is 5.82 Å². The van der Waals surface area contributed by atoms with E-state index in [4.69, 9.17) is 5.73 Å². The lowest BCUT2D eigenvalue weighted by atomic mass is 10.0. The fraction of sp³-hybridized carbons (Fsp3) is 0.400. The van der Waals surface area contributed by atoms with Gasteiger partial charge in [-0.3, -0.25) is 4.90 Å². The number of rotatable bonds is 5. The van der Waals surface area contributed by atoms with E-state index in [0.717, 1.165) is 31.9 Å². The quantitative estimate of drug-likeness (QED) is 0.906. The zero-order valence-electron chi connectivity index (χ0n) is 15.0. The highest BCUT2D eigenvalue weighted by molar-refractivity contribution is 5.48. The molecule has 3 rings (SSSR count). The normalized spacial score (nSPS) is 16.7. The van der Waals surface area contributed by atoms with Crippen LogP contribution in [0.2, 0.25) is 0 Å². The van der Waals surface area contributed by atoms with E-state index in [-0.39, 0.29) is 11.9 Å². The maximum Gasteiger partial charge on any atom is 0.123 e. The summed E-state index contributed by atoms with van der Waals surface area (Å²) >= 11 is 0. The summed E-state index contributed by atoms with van der Waals surface area (Å²) in [5, 5.41) is 0. The highest BCUT2D eigenvalue weighted by Crippen LogP contribution is 2.25. The van der Waals surface area contributed by atoms with Crippen molar-refractivity contribution in [1.29, 1.82) is 0 Å². The van der Waals surface area contributed by atoms with Crippen molar-refractivity contribution >= 4 is 11.4 Å². The Labute approximate surface area is 149 Å². The fourth-order valence-corrected chi connectivity index (χ4v) is 3.43. The number of halogens is 1. The molecule has 0 saturated carbocycles. The molecular weight excluding hydrogens is 315 g/mol. The number of nitrogens with two attached hydrogens (primary N) is 1. The largest absolute Gasteiger partial charge is 0.378 e. The molecule has 0 unspecified atom stereocenters. The average molecular weight is 342 g/mol. The fourth-order valence-electron chi connectivity index (χ4n) is 3.43. The van der Waals surface area contributed by atoms with Gasteiger partial charge in [-0.2, -0.15) is 0 Å². The van der Waals surface area contributed by atoms with Crippen molar-refractivity contribution in [3.05, 3.63) is 59.9 Å². The molecule has 25 heavy (non-hydrogen) atoms. The zero-order chi connectivity index (χ0) is 17.8. The van der Waals surface area contributed by atoms with Crippen molar-refractivity contribution in [3.63, 3.8) is 0 Å². The van der Waals surface area contributed by atoms with Crippen LogP contribution < -0.4 is 15.5 Å². The molecule has 0 spiro atoms. The number of benzene rings is 2. The molecule has 0 radical (unpaired) electrons. The Balaban J connectivity index is 1.64. The van der Waals surface area contributed by atoms with E-state index in [9.17, 15) is 4.39 Å². The average Bonchev–Trinajstić information content (AvgIpc) is 2.64. The van der Waals surface area contributed by atoms with Crippen molar-refractivity contribution in [1.82, 2.24) is 4.90 Å². The smallest absolute Gasteiger partial charge is 0.123 e. The summed E-state index contributed by atoms with van der Waals surface area (Å²) in [5.41, 5.74) is 9.63. The second-order valence-corrected chi connectivity index (χ2v) is 6.74. The van der Waals surface area contributed by atoms with Gasteiger partial charge in [-0.1, -0.05) is 12.1 Å². The predicted molar refractivity (Wildman–Crippen MR) is 103 cm³/mol. The number of hydrogen-bond acceptors (Lipinski definition) is 4. The van der Waals surface area contributed by atoms with Gasteiger partial charge in [-0.05, 0) is 42.0 Å². The highest BCUT2D eigenvalue weighted by atomic mass is 19.1. The highest BCUT2D eigenvalue weighted by Gasteiger charge is 2.24. The Hall–Kier alpha value is -2.11. The molecule has 0 bridgehead atoms. The summed E-state index contributed by atoms with van der Waals surface area (Å²) in [5.74, 6) is -0.188. The molecule has 1 heterocycles. The van der Waals surface area contributed by atoms with Crippen molar-refractivity contribution < 1.29 is 4.39 Å². The van der Waals surface area contributed by atoms with Gasteiger partial charge < -0.3 is 15.5 Å². The van der Waals surface area contributed by atoms with E-state index in [1.54, 1.807) is 0 Å². The van der Waals surface area contributed by atoms with Crippen molar-refractivity contribution in [2.45, 2.75) is 6.04 Å². The third kappa shape index (κ3) is 4.11. The topological polar surface area (TPSA) is 35.7 Å². The van der Waals surface area contributed by atoms with Gasteiger partial charge in [-0.15, -0.1) is 0 Å². The molecule has 2 aromatic carbocycles. The molecule has 134 valence electrons. The molecule has 4 nitrogen and oxygen atoms in total. The van der Waals surface area contributed by atoms with Crippen molar-refractivity contribution in [2.24, 2.45) is 5.73 Å². The molecule has 2 N–H and O–H groups in total. The van der Waals surface area contributed by atoms with Gasteiger partial charge in [0.15, 0.2) is 0 Å². The molecule has 1 aliphatic rings. The van der Waals surface area contributed by atoms with Crippen LogP contribution in [-0.2, 0) is 0 Å². The van der Waals surface area contributed by atoms with Gasteiger partial charge >= 0.3 is 0 Å². The third-order valence-electron chi connectivity index (χ3n) is 4.96. The summed E-state index contributed by atoms with van der Waals surface area (Å²) in [4.78, 5) is 6.85. The maximum absolute atomic E-state index is 13.1. The monoisotopic (exact) mass is 342 g/mol. The molecular formula is C20H27FN4. The Morgan fingerprint density at radius 2 is 1.56 bits per heavy atom. The molecule has 2 aromatic rings. The minimum atomic E-state index is -0.188. The lowest BCUT2D eigenvalue weighted by Gasteiger charge is -2.40. The molecule has 0 aromatic heterocycles. The van der Waals surface area contributed by atoms with E-state index in [2.05, 4.69) is 39.0 Å². The first kappa shape index (κ1) is 17.7. The SMILES string of the molecule is CN(C)c1ccc([C@@H](CN)N2CCN(c3ccc(F)cc3)CC2)cc1. The number of hydrogen-bond donors (Lipinski definition) is 1. The summed E-state index contributed by atoms with van der Waals surface area (Å²) in [6.45, 7) is 4.37. The molecule has 1 atom stereocenters. The lowest BCUT2D eigenvalue weighted by molar-refractivity contribution is 0.190. The first-order valence-electron chi connectivity index (χ1n) is 8.80. The van der Waals surface area contributed by atoms with Crippen LogP contribution in [0.5, 0.6) is 0 Å². The van der Waals surface area contributed by atoms with Crippen LogP contribution in [-0.4, -0.2) is 51.7 Å².